The van der Waals surface area contributed by atoms with E-state index in [1.54, 1.807) is 0 Å². The highest BCUT2D eigenvalue weighted by atomic mass is 16.1. The SMILES string of the molecule is CCc1ccc(C(=O)CN(C)C(C)C(C)(C)C)cc1. The lowest BCUT2D eigenvalue weighted by Gasteiger charge is -2.34. The van der Waals surface area contributed by atoms with Crippen LogP contribution in [-0.4, -0.2) is 30.3 Å². The zero-order valence-electron chi connectivity index (χ0n) is 13.2. The quantitative estimate of drug-likeness (QED) is 0.751. The third kappa shape index (κ3) is 4.46. The Morgan fingerprint density at radius 2 is 1.74 bits per heavy atom. The van der Waals surface area contributed by atoms with E-state index in [4.69, 9.17) is 0 Å². The zero-order valence-corrected chi connectivity index (χ0v) is 13.2. The summed E-state index contributed by atoms with van der Waals surface area (Å²) in [5.41, 5.74) is 2.26. The maximum Gasteiger partial charge on any atom is 0.176 e. The van der Waals surface area contributed by atoms with Crippen LogP contribution in [0.2, 0.25) is 0 Å². The Balaban J connectivity index is 2.68. The molecule has 0 saturated carbocycles. The fraction of sp³-hybridized carbons (Fsp3) is 0.588. The number of rotatable bonds is 5. The van der Waals surface area contributed by atoms with Crippen molar-refractivity contribution in [2.75, 3.05) is 13.6 Å². The number of hydrogen-bond acceptors (Lipinski definition) is 2. The molecule has 1 rings (SSSR count). The highest BCUT2D eigenvalue weighted by Gasteiger charge is 2.25. The molecule has 0 amide bonds. The Hall–Kier alpha value is -1.15. The standard InChI is InChI=1S/C17H27NO/c1-7-14-8-10-15(11-9-14)16(19)12-18(6)13(2)17(3,4)5/h8-11,13H,7,12H2,1-6H3. The summed E-state index contributed by atoms with van der Waals surface area (Å²) in [5.74, 6) is 0.196. The summed E-state index contributed by atoms with van der Waals surface area (Å²) < 4.78 is 0. The van der Waals surface area contributed by atoms with Crippen molar-refractivity contribution in [1.29, 1.82) is 0 Å². The van der Waals surface area contributed by atoms with E-state index in [-0.39, 0.29) is 11.2 Å². The molecule has 0 saturated heterocycles. The van der Waals surface area contributed by atoms with Gasteiger partial charge in [-0.15, -0.1) is 0 Å². The molecule has 106 valence electrons. The number of likely N-dealkylation sites (N-methyl/N-ethyl adjacent to an activating group) is 1. The normalized spacial score (nSPS) is 13.6. The highest BCUT2D eigenvalue weighted by molar-refractivity contribution is 5.97. The van der Waals surface area contributed by atoms with Crippen LogP contribution in [0.3, 0.4) is 0 Å². The van der Waals surface area contributed by atoms with Gasteiger partial charge in [-0.3, -0.25) is 9.69 Å². The second kappa shape index (κ2) is 6.33. The predicted octanol–water partition coefficient (Wildman–Crippen LogP) is 3.80. The Morgan fingerprint density at radius 1 is 1.21 bits per heavy atom. The van der Waals surface area contributed by atoms with Crippen LogP contribution in [0.15, 0.2) is 24.3 Å². The summed E-state index contributed by atoms with van der Waals surface area (Å²) in [5, 5.41) is 0. The Bertz CT molecular complexity index is 414. The molecule has 0 aliphatic carbocycles. The van der Waals surface area contributed by atoms with Crippen molar-refractivity contribution < 1.29 is 4.79 Å². The Kier molecular flexibility index (Phi) is 5.30. The molecular weight excluding hydrogens is 234 g/mol. The first kappa shape index (κ1) is 15.9. The van der Waals surface area contributed by atoms with Crippen molar-refractivity contribution in [3.05, 3.63) is 35.4 Å². The lowest BCUT2D eigenvalue weighted by Crippen LogP contribution is -2.41. The van der Waals surface area contributed by atoms with Crippen molar-refractivity contribution in [1.82, 2.24) is 4.90 Å². The van der Waals surface area contributed by atoms with E-state index in [1.165, 1.54) is 5.56 Å². The molecule has 19 heavy (non-hydrogen) atoms. The van der Waals surface area contributed by atoms with Crippen LogP contribution in [0.5, 0.6) is 0 Å². The molecule has 2 heteroatoms. The summed E-state index contributed by atoms with van der Waals surface area (Å²) in [7, 11) is 2.02. The number of Topliss-reactive ketones (excluding diaryl/α,β-unsaturated/α-hetero) is 1. The fourth-order valence-electron chi connectivity index (χ4n) is 2.04. The average molecular weight is 261 g/mol. The summed E-state index contributed by atoms with van der Waals surface area (Å²) in [6, 6.07) is 8.33. The van der Waals surface area contributed by atoms with Gasteiger partial charge in [-0.1, -0.05) is 52.0 Å². The molecule has 1 atom stereocenters. The van der Waals surface area contributed by atoms with E-state index < -0.39 is 0 Å². The number of aryl methyl sites for hydroxylation is 1. The van der Waals surface area contributed by atoms with E-state index in [0.29, 0.717) is 12.6 Å². The molecule has 0 aliphatic heterocycles. The lowest BCUT2D eigenvalue weighted by atomic mass is 9.87. The number of nitrogens with zero attached hydrogens (tertiary/aromatic N) is 1. The molecule has 0 radical (unpaired) electrons. The predicted molar refractivity (Wildman–Crippen MR) is 81.7 cm³/mol. The van der Waals surface area contributed by atoms with Gasteiger partial charge in [0.25, 0.3) is 0 Å². The third-order valence-electron chi connectivity index (χ3n) is 3.99. The lowest BCUT2D eigenvalue weighted by molar-refractivity contribution is 0.0853. The molecule has 0 N–H and O–H groups in total. The largest absolute Gasteiger partial charge is 0.296 e. The number of carbonyl (C=O) groups is 1. The van der Waals surface area contributed by atoms with Crippen LogP contribution in [0.25, 0.3) is 0 Å². The Labute approximate surface area is 117 Å². The van der Waals surface area contributed by atoms with Crippen molar-refractivity contribution in [2.24, 2.45) is 5.41 Å². The van der Waals surface area contributed by atoms with Crippen molar-refractivity contribution in [2.45, 2.75) is 47.1 Å². The monoisotopic (exact) mass is 261 g/mol. The van der Waals surface area contributed by atoms with Crippen LogP contribution in [0.1, 0.15) is 50.5 Å². The maximum atomic E-state index is 12.2. The van der Waals surface area contributed by atoms with Crippen LogP contribution in [-0.2, 0) is 6.42 Å². The van der Waals surface area contributed by atoms with E-state index >= 15 is 0 Å². The molecule has 0 aliphatic rings. The minimum absolute atomic E-state index is 0.182. The molecule has 1 aromatic rings. The van der Waals surface area contributed by atoms with Gasteiger partial charge in [-0.2, -0.15) is 0 Å². The van der Waals surface area contributed by atoms with Crippen LogP contribution >= 0.6 is 0 Å². The third-order valence-corrected chi connectivity index (χ3v) is 3.99. The number of ketones is 1. The first-order chi connectivity index (χ1) is 8.75. The van der Waals surface area contributed by atoms with Gasteiger partial charge in [-0.25, -0.2) is 0 Å². The number of hydrogen-bond donors (Lipinski definition) is 0. The van der Waals surface area contributed by atoms with Crippen molar-refractivity contribution >= 4 is 5.78 Å². The number of benzene rings is 1. The zero-order chi connectivity index (χ0) is 14.6. The summed E-state index contributed by atoms with van der Waals surface area (Å²) in [6.45, 7) is 11.4. The van der Waals surface area contributed by atoms with E-state index in [2.05, 4.69) is 39.5 Å². The van der Waals surface area contributed by atoms with Crippen LogP contribution in [0.4, 0.5) is 0 Å². The molecule has 1 aromatic carbocycles. The molecule has 1 unspecified atom stereocenters. The average Bonchev–Trinajstić information content (AvgIpc) is 2.36. The molecule has 0 heterocycles. The van der Waals surface area contributed by atoms with Gasteiger partial charge in [-0.05, 0) is 31.4 Å². The minimum atomic E-state index is 0.182. The molecule has 0 fully saturated rings. The smallest absolute Gasteiger partial charge is 0.176 e. The fourth-order valence-corrected chi connectivity index (χ4v) is 2.04. The van der Waals surface area contributed by atoms with Crippen LogP contribution < -0.4 is 0 Å². The number of carbonyl (C=O) groups excluding carboxylic acids is 1. The summed E-state index contributed by atoms with van der Waals surface area (Å²) in [4.78, 5) is 14.4. The minimum Gasteiger partial charge on any atom is -0.296 e. The van der Waals surface area contributed by atoms with Gasteiger partial charge in [0.15, 0.2) is 5.78 Å². The van der Waals surface area contributed by atoms with Gasteiger partial charge in [0.05, 0.1) is 6.54 Å². The highest BCUT2D eigenvalue weighted by Crippen LogP contribution is 2.23. The van der Waals surface area contributed by atoms with Gasteiger partial charge < -0.3 is 0 Å². The molecule has 0 bridgehead atoms. The molecule has 2 nitrogen and oxygen atoms in total. The maximum absolute atomic E-state index is 12.2. The van der Waals surface area contributed by atoms with Crippen molar-refractivity contribution in [3.63, 3.8) is 0 Å². The first-order valence-electron chi connectivity index (χ1n) is 7.08. The van der Waals surface area contributed by atoms with E-state index in [1.807, 2.05) is 31.3 Å². The van der Waals surface area contributed by atoms with Crippen LogP contribution in [0, 0.1) is 5.41 Å². The van der Waals surface area contributed by atoms with E-state index in [0.717, 1.165) is 12.0 Å². The van der Waals surface area contributed by atoms with E-state index in [9.17, 15) is 4.79 Å². The second-order valence-electron chi connectivity index (χ2n) is 6.43. The molecule has 0 spiro atoms. The molecule has 0 aromatic heterocycles. The van der Waals surface area contributed by atoms with Gasteiger partial charge in [0.1, 0.15) is 0 Å². The summed E-state index contributed by atoms with van der Waals surface area (Å²) >= 11 is 0. The summed E-state index contributed by atoms with van der Waals surface area (Å²) in [6.07, 6.45) is 1.01. The Morgan fingerprint density at radius 3 is 2.16 bits per heavy atom. The first-order valence-corrected chi connectivity index (χ1v) is 7.08. The van der Waals surface area contributed by atoms with Gasteiger partial charge in [0, 0.05) is 11.6 Å². The molecular formula is C17H27NO. The van der Waals surface area contributed by atoms with Gasteiger partial charge in [0.2, 0.25) is 0 Å². The topological polar surface area (TPSA) is 20.3 Å². The van der Waals surface area contributed by atoms with Gasteiger partial charge >= 0.3 is 0 Å². The van der Waals surface area contributed by atoms with Crippen molar-refractivity contribution in [3.8, 4) is 0 Å². The second-order valence-corrected chi connectivity index (χ2v) is 6.43.